The maximum Gasteiger partial charge on any atom is 0.127 e. The minimum Gasteiger partial charge on any atom is -0.363 e. The molecular weight excluding hydrogens is 224 g/mol. The lowest BCUT2D eigenvalue weighted by molar-refractivity contribution is 1.07. The number of nitrogens with two attached hydrogens (primary N) is 1. The molecule has 1 aromatic heterocycles. The molecule has 1 heterocycles. The van der Waals surface area contributed by atoms with Crippen LogP contribution in [0, 0.1) is 0 Å². The van der Waals surface area contributed by atoms with Crippen molar-refractivity contribution in [3.63, 3.8) is 0 Å². The van der Waals surface area contributed by atoms with Crippen molar-refractivity contribution in [3.8, 4) is 11.1 Å². The summed E-state index contributed by atoms with van der Waals surface area (Å²) in [5.74, 6) is 6.06. The summed E-state index contributed by atoms with van der Waals surface area (Å²) in [6, 6.07) is 12.1. The number of hydrazone groups is 1. The Labute approximate surface area is 107 Å². The lowest BCUT2D eigenvalue weighted by Crippen LogP contribution is -2.09. The zero-order chi connectivity index (χ0) is 13.0. The van der Waals surface area contributed by atoms with E-state index in [4.69, 9.17) is 5.84 Å². The van der Waals surface area contributed by atoms with Crippen LogP contribution in [0.2, 0.25) is 0 Å². The highest BCUT2D eigenvalue weighted by Gasteiger charge is 2.00. The van der Waals surface area contributed by atoms with Gasteiger partial charge in [0.25, 0.3) is 0 Å². The van der Waals surface area contributed by atoms with Crippen molar-refractivity contribution < 1.29 is 0 Å². The van der Waals surface area contributed by atoms with E-state index in [1.165, 1.54) is 0 Å². The molecule has 2 N–H and O–H groups in total. The molecule has 0 aliphatic rings. The zero-order valence-corrected chi connectivity index (χ0v) is 10.5. The topological polar surface area (TPSA) is 54.5 Å². The molecule has 1 aromatic carbocycles. The Balaban J connectivity index is 2.25. The van der Waals surface area contributed by atoms with E-state index >= 15 is 0 Å². The Morgan fingerprint density at radius 3 is 2.22 bits per heavy atom. The molecule has 2 aromatic rings. The molecule has 18 heavy (non-hydrogen) atoms. The van der Waals surface area contributed by atoms with Crippen LogP contribution in [0.3, 0.4) is 0 Å². The van der Waals surface area contributed by atoms with Gasteiger partial charge in [-0.3, -0.25) is 0 Å². The van der Waals surface area contributed by atoms with Crippen LogP contribution >= 0.6 is 0 Å². The summed E-state index contributed by atoms with van der Waals surface area (Å²) >= 11 is 0. The van der Waals surface area contributed by atoms with Crippen molar-refractivity contribution in [2.24, 2.45) is 10.9 Å². The predicted molar refractivity (Wildman–Crippen MR) is 75.8 cm³/mol. The highest BCUT2D eigenvalue weighted by molar-refractivity contribution is 5.80. The second-order valence-corrected chi connectivity index (χ2v) is 4.20. The van der Waals surface area contributed by atoms with Crippen LogP contribution in [-0.2, 0) is 0 Å². The van der Waals surface area contributed by atoms with Crippen molar-refractivity contribution in [1.82, 2.24) is 4.98 Å². The van der Waals surface area contributed by atoms with Crippen LogP contribution in [0.25, 0.3) is 11.1 Å². The van der Waals surface area contributed by atoms with Gasteiger partial charge in [0, 0.05) is 25.9 Å². The first-order valence-electron chi connectivity index (χ1n) is 5.68. The van der Waals surface area contributed by atoms with Gasteiger partial charge in [0.1, 0.15) is 5.82 Å². The van der Waals surface area contributed by atoms with Crippen LogP contribution in [-0.4, -0.2) is 25.3 Å². The molecule has 0 atom stereocenters. The van der Waals surface area contributed by atoms with Gasteiger partial charge in [-0.15, -0.1) is 0 Å². The number of aromatic nitrogens is 1. The van der Waals surface area contributed by atoms with E-state index in [1.54, 1.807) is 6.21 Å². The molecule has 4 heteroatoms. The van der Waals surface area contributed by atoms with Crippen molar-refractivity contribution in [3.05, 3.63) is 48.2 Å². The second kappa shape index (κ2) is 5.31. The molecule has 92 valence electrons. The molecule has 4 nitrogen and oxygen atoms in total. The monoisotopic (exact) mass is 240 g/mol. The number of pyridine rings is 1. The van der Waals surface area contributed by atoms with Gasteiger partial charge in [0.05, 0.1) is 6.21 Å². The summed E-state index contributed by atoms with van der Waals surface area (Å²) in [5.41, 5.74) is 3.21. The fraction of sp³-hybridized carbons (Fsp3) is 0.143. The average molecular weight is 240 g/mol. The number of rotatable bonds is 3. The third-order valence-corrected chi connectivity index (χ3v) is 2.67. The summed E-state index contributed by atoms with van der Waals surface area (Å²) in [7, 11) is 3.95. The van der Waals surface area contributed by atoms with Gasteiger partial charge in [-0.2, -0.15) is 5.10 Å². The number of hydrogen-bond donors (Lipinski definition) is 1. The molecule has 0 aliphatic carbocycles. The molecule has 0 amide bonds. The minimum absolute atomic E-state index is 0.950. The largest absolute Gasteiger partial charge is 0.363 e. The standard InChI is InChI=1S/C14H16N4/c1-18(2)14-8-7-13(10-16-14)12-5-3-11(4-6-12)9-17-15/h3-10H,15H2,1-2H3. The van der Waals surface area contributed by atoms with E-state index in [0.717, 1.165) is 22.5 Å². The van der Waals surface area contributed by atoms with Gasteiger partial charge in [-0.1, -0.05) is 24.3 Å². The Morgan fingerprint density at radius 1 is 1.06 bits per heavy atom. The summed E-state index contributed by atoms with van der Waals surface area (Å²) < 4.78 is 0. The normalized spacial score (nSPS) is 10.8. The fourth-order valence-corrected chi connectivity index (χ4v) is 1.67. The molecule has 0 unspecified atom stereocenters. The van der Waals surface area contributed by atoms with Crippen LogP contribution < -0.4 is 10.7 Å². The smallest absolute Gasteiger partial charge is 0.127 e. The zero-order valence-electron chi connectivity index (χ0n) is 10.5. The molecule has 0 aliphatic heterocycles. The Morgan fingerprint density at radius 2 is 1.72 bits per heavy atom. The van der Waals surface area contributed by atoms with E-state index in [0.29, 0.717) is 0 Å². The highest BCUT2D eigenvalue weighted by atomic mass is 15.1. The van der Waals surface area contributed by atoms with Gasteiger partial charge in [0.2, 0.25) is 0 Å². The highest BCUT2D eigenvalue weighted by Crippen LogP contribution is 2.20. The molecule has 2 rings (SSSR count). The van der Waals surface area contributed by atoms with Crippen molar-refractivity contribution in [2.75, 3.05) is 19.0 Å². The van der Waals surface area contributed by atoms with Gasteiger partial charge >= 0.3 is 0 Å². The van der Waals surface area contributed by atoms with Gasteiger partial charge in [-0.25, -0.2) is 4.98 Å². The van der Waals surface area contributed by atoms with Crippen LogP contribution in [0.4, 0.5) is 5.82 Å². The summed E-state index contributed by atoms with van der Waals surface area (Å²) in [4.78, 5) is 6.37. The second-order valence-electron chi connectivity index (χ2n) is 4.20. The maximum atomic E-state index is 5.11. The van der Waals surface area contributed by atoms with Crippen molar-refractivity contribution in [1.29, 1.82) is 0 Å². The molecular formula is C14H16N4. The van der Waals surface area contributed by atoms with Crippen LogP contribution in [0.1, 0.15) is 5.56 Å². The van der Waals surface area contributed by atoms with Gasteiger partial charge in [0.15, 0.2) is 0 Å². The Bertz CT molecular complexity index is 527. The van der Waals surface area contributed by atoms with E-state index in [-0.39, 0.29) is 0 Å². The predicted octanol–water partition coefficient (Wildman–Crippen LogP) is 2.11. The number of anilines is 1. The van der Waals surface area contributed by atoms with E-state index in [1.807, 2.05) is 55.5 Å². The molecule has 0 radical (unpaired) electrons. The van der Waals surface area contributed by atoms with E-state index in [9.17, 15) is 0 Å². The summed E-state index contributed by atoms with van der Waals surface area (Å²) in [6.07, 6.45) is 3.50. The van der Waals surface area contributed by atoms with E-state index < -0.39 is 0 Å². The third kappa shape index (κ3) is 2.66. The first-order valence-corrected chi connectivity index (χ1v) is 5.68. The minimum atomic E-state index is 0.950. The first kappa shape index (κ1) is 12.1. The maximum absolute atomic E-state index is 5.11. The third-order valence-electron chi connectivity index (χ3n) is 2.67. The molecule has 0 spiro atoms. The summed E-state index contributed by atoms with van der Waals surface area (Å²) in [5, 5.41) is 3.50. The van der Waals surface area contributed by atoms with Crippen LogP contribution in [0.5, 0.6) is 0 Å². The van der Waals surface area contributed by atoms with E-state index in [2.05, 4.69) is 16.2 Å². The van der Waals surface area contributed by atoms with Crippen molar-refractivity contribution >= 4 is 12.0 Å². The lowest BCUT2D eigenvalue weighted by Gasteiger charge is -2.11. The SMILES string of the molecule is CN(C)c1ccc(-c2ccc(C=NN)cc2)cn1. The number of nitrogens with zero attached hydrogens (tertiary/aromatic N) is 3. The fourth-order valence-electron chi connectivity index (χ4n) is 1.67. The number of hydrogen-bond acceptors (Lipinski definition) is 4. The molecule has 0 saturated heterocycles. The van der Waals surface area contributed by atoms with Gasteiger partial charge in [-0.05, 0) is 23.3 Å². The van der Waals surface area contributed by atoms with Gasteiger partial charge < -0.3 is 10.7 Å². The van der Waals surface area contributed by atoms with Crippen LogP contribution in [0.15, 0.2) is 47.7 Å². The quantitative estimate of drug-likeness (QED) is 0.508. The Kier molecular flexibility index (Phi) is 3.57. The Hall–Kier alpha value is -2.36. The molecule has 0 fully saturated rings. The first-order chi connectivity index (χ1) is 8.70. The molecule has 0 bridgehead atoms. The lowest BCUT2D eigenvalue weighted by atomic mass is 10.1. The average Bonchev–Trinajstić information content (AvgIpc) is 2.40. The summed E-state index contributed by atoms with van der Waals surface area (Å²) in [6.45, 7) is 0. The molecule has 0 saturated carbocycles. The number of benzene rings is 1. The van der Waals surface area contributed by atoms with Crippen molar-refractivity contribution in [2.45, 2.75) is 0 Å².